The van der Waals surface area contributed by atoms with Crippen LogP contribution in [0.5, 0.6) is 0 Å². The smallest absolute Gasteiger partial charge is 0.134 e. The molecule has 0 aliphatic carbocycles. The molecule has 2 aliphatic heterocycles. The van der Waals surface area contributed by atoms with E-state index in [-0.39, 0.29) is 6.17 Å². The largest absolute Gasteiger partial charge is 0.360 e. The summed E-state index contributed by atoms with van der Waals surface area (Å²) in [5.41, 5.74) is 10.7. The Labute approximate surface area is 294 Å². The molecule has 6 aromatic rings. The number of nitrogens with one attached hydrogen (secondary N) is 1. The molecule has 0 saturated carbocycles. The van der Waals surface area contributed by atoms with Crippen molar-refractivity contribution >= 4 is 49.6 Å². The van der Waals surface area contributed by atoms with Gasteiger partial charge >= 0.3 is 0 Å². The number of nitrogens with zero attached hydrogens (tertiary/aromatic N) is 3. The molecule has 0 fully saturated rings. The summed E-state index contributed by atoms with van der Waals surface area (Å²) in [7, 11) is 2.14. The summed E-state index contributed by atoms with van der Waals surface area (Å²) in [5, 5.41) is 10.2. The van der Waals surface area contributed by atoms with E-state index < -0.39 is 0 Å². The third-order valence-electron chi connectivity index (χ3n) is 10.0. The first-order valence-corrected chi connectivity index (χ1v) is 17.6. The number of dihydropyridines is 1. The molecule has 2 aliphatic rings. The van der Waals surface area contributed by atoms with Crippen molar-refractivity contribution < 1.29 is 0 Å². The van der Waals surface area contributed by atoms with Gasteiger partial charge in [-0.05, 0) is 88.8 Å². The Bertz CT molecular complexity index is 2450. The van der Waals surface area contributed by atoms with Gasteiger partial charge in [0, 0.05) is 35.0 Å². The minimum absolute atomic E-state index is 0.0719. The lowest BCUT2D eigenvalue weighted by atomic mass is 9.96. The van der Waals surface area contributed by atoms with Crippen LogP contribution in [0.3, 0.4) is 0 Å². The van der Waals surface area contributed by atoms with E-state index in [1.54, 1.807) is 0 Å². The summed E-state index contributed by atoms with van der Waals surface area (Å²) in [6, 6.07) is 37.7. The van der Waals surface area contributed by atoms with Crippen LogP contribution in [0.4, 0.5) is 0 Å². The summed E-state index contributed by atoms with van der Waals surface area (Å²) in [6.07, 6.45) is 16.1. The second-order valence-corrected chi connectivity index (χ2v) is 13.1. The van der Waals surface area contributed by atoms with E-state index >= 15 is 0 Å². The van der Waals surface area contributed by atoms with Gasteiger partial charge in [0.25, 0.3) is 0 Å². The van der Waals surface area contributed by atoms with Crippen molar-refractivity contribution in [3.05, 3.63) is 174 Å². The maximum absolute atomic E-state index is 4.98. The molecule has 0 bridgehead atoms. The molecule has 1 unspecified atom stereocenters. The normalized spacial score (nSPS) is 16.6. The van der Waals surface area contributed by atoms with E-state index in [4.69, 9.17) is 4.99 Å². The first-order chi connectivity index (χ1) is 24.6. The van der Waals surface area contributed by atoms with Crippen molar-refractivity contribution in [1.29, 1.82) is 0 Å². The Kier molecular flexibility index (Phi) is 8.30. The van der Waals surface area contributed by atoms with Gasteiger partial charge in [0.15, 0.2) is 0 Å². The fraction of sp³-hybridized carbons (Fsp3) is 0.152. The molecule has 8 rings (SSSR count). The lowest BCUT2D eigenvalue weighted by molar-refractivity contribution is 0.338. The number of rotatable bonds is 7. The predicted molar refractivity (Wildman–Crippen MR) is 214 cm³/mol. The maximum Gasteiger partial charge on any atom is 0.134 e. The van der Waals surface area contributed by atoms with Crippen molar-refractivity contribution in [2.45, 2.75) is 33.4 Å². The Balaban J connectivity index is 1.22. The molecule has 0 amide bonds. The lowest BCUT2D eigenvalue weighted by Crippen LogP contribution is -2.45. The Morgan fingerprint density at radius 2 is 1.58 bits per heavy atom. The number of hydrogen-bond acceptors (Lipinski definition) is 3. The van der Waals surface area contributed by atoms with Crippen LogP contribution in [0.25, 0.3) is 49.4 Å². The van der Waals surface area contributed by atoms with E-state index in [0.29, 0.717) is 6.54 Å². The molecule has 4 nitrogen and oxygen atoms in total. The number of fused-ring (bicyclic) bond motifs is 4. The fourth-order valence-electron chi connectivity index (χ4n) is 7.64. The van der Waals surface area contributed by atoms with Crippen LogP contribution in [0.15, 0.2) is 156 Å². The molecule has 0 radical (unpaired) electrons. The van der Waals surface area contributed by atoms with Crippen LogP contribution in [0, 0.1) is 6.92 Å². The third-order valence-corrected chi connectivity index (χ3v) is 10.0. The van der Waals surface area contributed by atoms with Gasteiger partial charge in [-0.2, -0.15) is 0 Å². The highest BCUT2D eigenvalue weighted by Gasteiger charge is 2.31. The van der Waals surface area contributed by atoms with Crippen molar-refractivity contribution in [2.24, 2.45) is 4.99 Å². The minimum atomic E-state index is -0.0719. The molecule has 1 atom stereocenters. The van der Waals surface area contributed by atoms with Gasteiger partial charge in [0.1, 0.15) is 12.0 Å². The molecule has 4 heteroatoms. The number of hydrogen-bond donors (Lipinski definition) is 1. The highest BCUT2D eigenvalue weighted by Crippen LogP contribution is 2.38. The second-order valence-electron chi connectivity index (χ2n) is 13.1. The molecule has 50 heavy (non-hydrogen) atoms. The van der Waals surface area contributed by atoms with Gasteiger partial charge in [-0.25, -0.2) is 0 Å². The molecule has 5 aromatic carbocycles. The monoisotopic (exact) mass is 650 g/mol. The molecular formula is C46H42N4. The van der Waals surface area contributed by atoms with Crippen LogP contribution in [-0.4, -0.2) is 28.9 Å². The average Bonchev–Trinajstić information content (AvgIpc) is 3.43. The predicted octanol–water partition coefficient (Wildman–Crippen LogP) is 11.1. The zero-order chi connectivity index (χ0) is 34.2. The molecular weight excluding hydrogens is 609 g/mol. The van der Waals surface area contributed by atoms with E-state index in [9.17, 15) is 0 Å². The number of aliphatic imine (C=N–C) groups is 1. The van der Waals surface area contributed by atoms with Crippen molar-refractivity contribution in [3.63, 3.8) is 0 Å². The molecule has 1 aromatic heterocycles. The number of aromatic nitrogens is 1. The number of likely N-dealkylation sites (N-methyl/N-ethyl adjacent to an activating group) is 1. The number of amidine groups is 1. The minimum Gasteiger partial charge on any atom is -0.360 e. The van der Waals surface area contributed by atoms with Crippen molar-refractivity contribution in [3.8, 4) is 5.69 Å². The summed E-state index contributed by atoms with van der Waals surface area (Å²) in [4.78, 5) is 7.26. The van der Waals surface area contributed by atoms with Gasteiger partial charge in [-0.3, -0.25) is 4.99 Å². The zero-order valence-corrected chi connectivity index (χ0v) is 29.2. The van der Waals surface area contributed by atoms with Crippen LogP contribution in [0.1, 0.15) is 48.8 Å². The lowest BCUT2D eigenvalue weighted by Gasteiger charge is -2.40. The van der Waals surface area contributed by atoms with Crippen molar-refractivity contribution in [1.82, 2.24) is 14.8 Å². The first-order valence-electron chi connectivity index (χ1n) is 17.6. The van der Waals surface area contributed by atoms with E-state index in [1.807, 2.05) is 0 Å². The summed E-state index contributed by atoms with van der Waals surface area (Å²) < 4.78 is 2.43. The van der Waals surface area contributed by atoms with Crippen LogP contribution in [0.2, 0.25) is 0 Å². The van der Waals surface area contributed by atoms with E-state index in [0.717, 1.165) is 29.2 Å². The van der Waals surface area contributed by atoms with Gasteiger partial charge < -0.3 is 14.8 Å². The molecule has 0 spiro atoms. The summed E-state index contributed by atoms with van der Waals surface area (Å²) in [5.74, 6) is 1.02. The highest BCUT2D eigenvalue weighted by atomic mass is 15.3. The second kappa shape index (κ2) is 13.2. The average molecular weight is 651 g/mol. The molecule has 1 N–H and O–H groups in total. The van der Waals surface area contributed by atoms with Gasteiger partial charge in [0.05, 0.1) is 17.8 Å². The van der Waals surface area contributed by atoms with Crippen LogP contribution < -0.4 is 5.32 Å². The quantitative estimate of drug-likeness (QED) is 0.174. The summed E-state index contributed by atoms with van der Waals surface area (Å²) in [6.45, 7) is 7.21. The van der Waals surface area contributed by atoms with Crippen LogP contribution in [-0.2, 0) is 0 Å². The SMILES string of the molecule is C\C=C/C=C\C(=C\CC)c1c(C)n(-c2ccc(C3NC(c4ccc5ccccc5c4)=C4C=CCN=C4N3C)cc2)c2cc3ccccc3cc12. The maximum atomic E-state index is 4.98. The number of benzene rings is 5. The van der Waals surface area contributed by atoms with Crippen LogP contribution >= 0.6 is 0 Å². The van der Waals surface area contributed by atoms with Gasteiger partial charge in [-0.15, -0.1) is 0 Å². The third kappa shape index (κ3) is 5.47. The Morgan fingerprint density at radius 3 is 2.32 bits per heavy atom. The number of allylic oxidation sites excluding steroid dienone is 6. The zero-order valence-electron chi connectivity index (χ0n) is 29.2. The standard InChI is InChI=1S/C46H42N4/c1-5-7-8-16-33(14-6-2)43-31(3)50(42-30-37-19-12-11-18-36(37)29-41(42)43)39-25-23-34(24-26-39)45-48-44(40-20-13-27-47-46(40)49(45)4)38-22-21-32-15-9-10-17-35(32)28-38/h5,7-26,28-30,45,48H,6,27H2,1-4H3/b7-5-,16-8-,33-14-. The van der Waals surface area contributed by atoms with Gasteiger partial charge in [-0.1, -0.05) is 122 Å². The Morgan fingerprint density at radius 1 is 0.860 bits per heavy atom. The van der Waals surface area contributed by atoms with Gasteiger partial charge in [0.2, 0.25) is 0 Å². The fourth-order valence-corrected chi connectivity index (χ4v) is 7.64. The molecule has 3 heterocycles. The van der Waals surface area contributed by atoms with Crippen molar-refractivity contribution in [2.75, 3.05) is 13.6 Å². The summed E-state index contributed by atoms with van der Waals surface area (Å²) >= 11 is 0. The highest BCUT2D eigenvalue weighted by molar-refractivity contribution is 6.09. The molecule has 0 saturated heterocycles. The Hall–Kier alpha value is -5.87. The van der Waals surface area contributed by atoms with E-state index in [2.05, 4.69) is 188 Å². The first kappa shape index (κ1) is 31.4. The molecule has 246 valence electrons. The van der Waals surface area contributed by atoms with E-state index in [1.165, 1.54) is 60.4 Å². The topological polar surface area (TPSA) is 32.6 Å².